The number of rotatable bonds is 3. The number of hydrogen-bond acceptors (Lipinski definition) is 4. The van der Waals surface area contributed by atoms with Crippen LogP contribution in [-0.2, 0) is 11.3 Å². The van der Waals surface area contributed by atoms with Crippen molar-refractivity contribution >= 4 is 17.7 Å². The van der Waals surface area contributed by atoms with Crippen molar-refractivity contribution in [1.29, 1.82) is 0 Å². The largest absolute Gasteiger partial charge is 0.481 e. The fourth-order valence-corrected chi connectivity index (χ4v) is 1.57. The number of halogens is 2. The number of amides is 1. The average molecular weight is 305 g/mol. The van der Waals surface area contributed by atoms with E-state index in [2.05, 4.69) is 4.98 Å². The van der Waals surface area contributed by atoms with Crippen molar-refractivity contribution in [3.63, 3.8) is 0 Å². The fourth-order valence-electron chi connectivity index (χ4n) is 1.44. The number of ether oxygens (including phenoxy) is 2. The third kappa shape index (κ3) is 4.52. The van der Waals surface area contributed by atoms with Crippen LogP contribution >= 0.6 is 11.6 Å². The quantitative estimate of drug-likeness (QED) is 0.804. The van der Waals surface area contributed by atoms with Crippen molar-refractivity contribution < 1.29 is 18.7 Å². The molecule has 7 heteroatoms. The predicted octanol–water partition coefficient (Wildman–Crippen LogP) is 3.25. The fraction of sp³-hybridized carbons (Fsp3) is 0.538. The molecule has 1 amide bonds. The molecule has 0 aromatic carbocycles. The normalized spacial score (nSPS) is 11.2. The van der Waals surface area contributed by atoms with Crippen molar-refractivity contribution in [2.45, 2.75) is 32.9 Å². The molecule has 0 aliphatic rings. The molecule has 0 unspecified atom stereocenters. The first kappa shape index (κ1) is 16.5. The lowest BCUT2D eigenvalue weighted by Crippen LogP contribution is -2.34. The van der Waals surface area contributed by atoms with Gasteiger partial charge in [-0.25, -0.2) is 9.18 Å². The average Bonchev–Trinajstić information content (AvgIpc) is 2.31. The molecule has 20 heavy (non-hydrogen) atoms. The van der Waals surface area contributed by atoms with Gasteiger partial charge in [-0.1, -0.05) is 11.6 Å². The van der Waals surface area contributed by atoms with Crippen molar-refractivity contribution in [3.05, 3.63) is 22.6 Å². The second-order valence-electron chi connectivity index (χ2n) is 5.27. The van der Waals surface area contributed by atoms with Crippen LogP contribution in [0.25, 0.3) is 0 Å². The highest BCUT2D eigenvalue weighted by molar-refractivity contribution is 6.29. The zero-order chi connectivity index (χ0) is 15.5. The Bertz CT molecular complexity index is 503. The molecular formula is C13H18ClFN2O3. The van der Waals surface area contributed by atoms with E-state index in [1.807, 2.05) is 0 Å². The van der Waals surface area contributed by atoms with Gasteiger partial charge in [0.15, 0.2) is 11.0 Å². The predicted molar refractivity (Wildman–Crippen MR) is 73.5 cm³/mol. The Labute approximate surface area is 122 Å². The minimum absolute atomic E-state index is 0.0964. The van der Waals surface area contributed by atoms with Crippen LogP contribution in [0.5, 0.6) is 5.88 Å². The third-order valence-electron chi connectivity index (χ3n) is 2.28. The lowest BCUT2D eigenvalue weighted by Gasteiger charge is -2.25. The monoisotopic (exact) mass is 304 g/mol. The number of carbonyl (C=O) groups excluding carboxylic acids is 1. The van der Waals surface area contributed by atoms with E-state index in [9.17, 15) is 9.18 Å². The van der Waals surface area contributed by atoms with Crippen LogP contribution < -0.4 is 4.74 Å². The zero-order valence-electron chi connectivity index (χ0n) is 12.2. The van der Waals surface area contributed by atoms with E-state index in [-0.39, 0.29) is 17.6 Å². The molecule has 1 aromatic heterocycles. The minimum Gasteiger partial charge on any atom is -0.481 e. The standard InChI is InChI=1S/C13H18ClFN2O3/c1-13(2,3)20-12(18)17(4)7-8-6-9(15)10(14)16-11(8)19-5/h6H,7H2,1-5H3. The minimum atomic E-state index is -0.667. The van der Waals surface area contributed by atoms with Crippen molar-refractivity contribution in [2.24, 2.45) is 0 Å². The van der Waals surface area contributed by atoms with Gasteiger partial charge < -0.3 is 14.4 Å². The summed E-state index contributed by atoms with van der Waals surface area (Å²) >= 11 is 5.58. The molecule has 0 aliphatic heterocycles. The summed E-state index contributed by atoms with van der Waals surface area (Å²) in [6, 6.07) is 1.19. The number of hydrogen-bond donors (Lipinski definition) is 0. The Morgan fingerprint density at radius 2 is 2.10 bits per heavy atom. The Morgan fingerprint density at radius 3 is 2.60 bits per heavy atom. The second-order valence-corrected chi connectivity index (χ2v) is 5.62. The molecule has 0 radical (unpaired) electrons. The van der Waals surface area contributed by atoms with Gasteiger partial charge in [-0.15, -0.1) is 0 Å². The van der Waals surface area contributed by atoms with Crippen LogP contribution in [0.1, 0.15) is 26.3 Å². The smallest absolute Gasteiger partial charge is 0.410 e. The molecule has 1 heterocycles. The van der Waals surface area contributed by atoms with Gasteiger partial charge in [0.05, 0.1) is 13.7 Å². The number of methoxy groups -OCH3 is 1. The Kier molecular flexibility index (Phi) is 5.16. The van der Waals surface area contributed by atoms with E-state index in [0.29, 0.717) is 5.56 Å². The molecule has 0 spiro atoms. The number of aromatic nitrogens is 1. The molecule has 112 valence electrons. The molecule has 0 atom stereocenters. The summed E-state index contributed by atoms with van der Waals surface area (Å²) in [5.74, 6) is -0.494. The highest BCUT2D eigenvalue weighted by Crippen LogP contribution is 2.23. The van der Waals surface area contributed by atoms with Gasteiger partial charge >= 0.3 is 6.09 Å². The van der Waals surface area contributed by atoms with Gasteiger partial charge in [0.2, 0.25) is 5.88 Å². The zero-order valence-corrected chi connectivity index (χ0v) is 12.9. The third-order valence-corrected chi connectivity index (χ3v) is 2.54. The van der Waals surface area contributed by atoms with Crippen LogP contribution in [0.15, 0.2) is 6.07 Å². The van der Waals surface area contributed by atoms with Crippen molar-refractivity contribution in [1.82, 2.24) is 9.88 Å². The van der Waals surface area contributed by atoms with Gasteiger partial charge in [0, 0.05) is 12.6 Å². The summed E-state index contributed by atoms with van der Waals surface area (Å²) < 4.78 is 23.7. The topological polar surface area (TPSA) is 51.7 Å². The molecule has 1 rings (SSSR count). The van der Waals surface area contributed by atoms with E-state index in [1.54, 1.807) is 27.8 Å². The van der Waals surface area contributed by atoms with Crippen molar-refractivity contribution in [3.8, 4) is 5.88 Å². The SMILES string of the molecule is COc1nc(Cl)c(F)cc1CN(C)C(=O)OC(C)(C)C. The van der Waals surface area contributed by atoms with Crippen LogP contribution in [0.4, 0.5) is 9.18 Å². The van der Waals surface area contributed by atoms with Gasteiger partial charge in [0.1, 0.15) is 5.60 Å². The van der Waals surface area contributed by atoms with E-state index in [0.717, 1.165) is 0 Å². The first-order valence-corrected chi connectivity index (χ1v) is 6.35. The maximum absolute atomic E-state index is 13.4. The Hall–Kier alpha value is -1.56. The van der Waals surface area contributed by atoms with Gasteiger partial charge in [-0.2, -0.15) is 4.98 Å². The number of carbonyl (C=O) groups is 1. The van der Waals surface area contributed by atoms with Gasteiger partial charge in [0.25, 0.3) is 0 Å². The summed E-state index contributed by atoms with van der Waals surface area (Å²) in [7, 11) is 2.94. The molecule has 0 saturated carbocycles. The van der Waals surface area contributed by atoms with Crippen LogP contribution in [0.2, 0.25) is 5.15 Å². The molecule has 0 bridgehead atoms. The lowest BCUT2D eigenvalue weighted by atomic mass is 10.2. The summed E-state index contributed by atoms with van der Waals surface area (Å²) in [6.45, 7) is 5.40. The summed E-state index contributed by atoms with van der Waals surface area (Å²) in [5.41, 5.74) is -0.193. The highest BCUT2D eigenvalue weighted by Gasteiger charge is 2.21. The number of pyridine rings is 1. The molecule has 0 saturated heterocycles. The molecule has 0 fully saturated rings. The molecule has 1 aromatic rings. The molecule has 0 aliphatic carbocycles. The van der Waals surface area contributed by atoms with Crippen LogP contribution in [0.3, 0.4) is 0 Å². The highest BCUT2D eigenvalue weighted by atomic mass is 35.5. The Balaban J connectivity index is 2.87. The molecule has 0 N–H and O–H groups in total. The molecular weight excluding hydrogens is 287 g/mol. The van der Waals surface area contributed by atoms with Crippen molar-refractivity contribution in [2.75, 3.05) is 14.2 Å². The van der Waals surface area contributed by atoms with Crippen LogP contribution in [0, 0.1) is 5.82 Å². The van der Waals surface area contributed by atoms with Crippen LogP contribution in [-0.4, -0.2) is 35.7 Å². The summed E-state index contributed by atoms with van der Waals surface area (Å²) in [6.07, 6.45) is -0.519. The first-order chi connectivity index (χ1) is 9.14. The maximum atomic E-state index is 13.4. The first-order valence-electron chi connectivity index (χ1n) is 5.97. The Morgan fingerprint density at radius 1 is 1.50 bits per heavy atom. The lowest BCUT2D eigenvalue weighted by molar-refractivity contribution is 0.0284. The van der Waals surface area contributed by atoms with E-state index < -0.39 is 17.5 Å². The van der Waals surface area contributed by atoms with Gasteiger partial charge in [-0.05, 0) is 26.8 Å². The van der Waals surface area contributed by atoms with E-state index in [4.69, 9.17) is 21.1 Å². The second kappa shape index (κ2) is 6.26. The number of nitrogens with zero attached hydrogens (tertiary/aromatic N) is 2. The maximum Gasteiger partial charge on any atom is 0.410 e. The molecule has 5 nitrogen and oxygen atoms in total. The van der Waals surface area contributed by atoms with E-state index in [1.165, 1.54) is 18.1 Å². The van der Waals surface area contributed by atoms with Gasteiger partial charge in [-0.3, -0.25) is 0 Å². The summed E-state index contributed by atoms with van der Waals surface area (Å²) in [5, 5.41) is -0.273. The van der Waals surface area contributed by atoms with E-state index >= 15 is 0 Å². The summed E-state index contributed by atoms with van der Waals surface area (Å²) in [4.78, 5) is 16.9.